The zero-order valence-corrected chi connectivity index (χ0v) is 11.5. The molecule has 106 valence electrons. The first kappa shape index (κ1) is 13.0. The number of nitrogens with zero attached hydrogens (tertiary/aromatic N) is 5. The van der Waals surface area contributed by atoms with E-state index in [0.717, 1.165) is 11.3 Å². The molecule has 0 atom stereocenters. The van der Waals surface area contributed by atoms with Crippen LogP contribution in [0.5, 0.6) is 5.88 Å². The predicted molar refractivity (Wildman–Crippen MR) is 77.3 cm³/mol. The second-order valence-electron chi connectivity index (χ2n) is 4.28. The second kappa shape index (κ2) is 6.00. The third-order valence-electron chi connectivity index (χ3n) is 2.91. The first-order valence-electron chi connectivity index (χ1n) is 6.39. The number of pyridine rings is 2. The van der Waals surface area contributed by atoms with E-state index in [1.54, 1.807) is 30.5 Å². The summed E-state index contributed by atoms with van der Waals surface area (Å²) in [5.41, 5.74) is 1.92. The monoisotopic (exact) mass is 282 g/mol. The van der Waals surface area contributed by atoms with Crippen molar-refractivity contribution in [3.8, 4) is 11.7 Å². The molecule has 7 heteroatoms. The fourth-order valence-corrected chi connectivity index (χ4v) is 1.87. The standard InChI is InChI=1S/C14H14N6O/c1-21-13-5-4-11(8-18-13)7-17-12-3-2-6-16-14(12)20-10-15-9-19-20/h2-6,8-10,17H,7H2,1H3. The molecule has 3 aromatic rings. The highest BCUT2D eigenvalue weighted by Crippen LogP contribution is 2.17. The lowest BCUT2D eigenvalue weighted by Crippen LogP contribution is -2.06. The van der Waals surface area contributed by atoms with E-state index < -0.39 is 0 Å². The van der Waals surface area contributed by atoms with Gasteiger partial charge in [-0.1, -0.05) is 6.07 Å². The van der Waals surface area contributed by atoms with Crippen molar-refractivity contribution in [2.75, 3.05) is 12.4 Å². The lowest BCUT2D eigenvalue weighted by Gasteiger charge is -2.10. The van der Waals surface area contributed by atoms with Gasteiger partial charge in [0, 0.05) is 25.0 Å². The Kier molecular flexibility index (Phi) is 3.72. The minimum absolute atomic E-state index is 0.600. The third kappa shape index (κ3) is 2.97. The van der Waals surface area contributed by atoms with Crippen LogP contribution in [0.15, 0.2) is 49.3 Å². The summed E-state index contributed by atoms with van der Waals surface area (Å²) in [6.07, 6.45) is 6.59. The smallest absolute Gasteiger partial charge is 0.212 e. The third-order valence-corrected chi connectivity index (χ3v) is 2.91. The molecule has 0 radical (unpaired) electrons. The highest BCUT2D eigenvalue weighted by atomic mass is 16.5. The van der Waals surface area contributed by atoms with E-state index in [1.165, 1.54) is 6.33 Å². The number of hydrogen-bond acceptors (Lipinski definition) is 6. The van der Waals surface area contributed by atoms with Gasteiger partial charge in [-0.05, 0) is 17.7 Å². The molecule has 1 N–H and O–H groups in total. The van der Waals surface area contributed by atoms with Crippen LogP contribution in [0, 0.1) is 0 Å². The summed E-state index contributed by atoms with van der Waals surface area (Å²) < 4.78 is 6.66. The molecule has 0 fully saturated rings. The first-order valence-corrected chi connectivity index (χ1v) is 6.39. The summed E-state index contributed by atoms with van der Waals surface area (Å²) in [7, 11) is 1.60. The van der Waals surface area contributed by atoms with Gasteiger partial charge in [0.15, 0.2) is 5.82 Å². The zero-order chi connectivity index (χ0) is 14.5. The van der Waals surface area contributed by atoms with Gasteiger partial charge >= 0.3 is 0 Å². The van der Waals surface area contributed by atoms with Gasteiger partial charge in [-0.3, -0.25) is 0 Å². The number of nitrogens with one attached hydrogen (secondary N) is 1. The Morgan fingerprint density at radius 1 is 1.24 bits per heavy atom. The Morgan fingerprint density at radius 3 is 2.90 bits per heavy atom. The van der Waals surface area contributed by atoms with Crippen molar-refractivity contribution in [3.05, 3.63) is 54.9 Å². The summed E-state index contributed by atoms with van der Waals surface area (Å²) in [5.74, 6) is 1.31. The minimum Gasteiger partial charge on any atom is -0.481 e. The van der Waals surface area contributed by atoms with Crippen molar-refractivity contribution in [3.63, 3.8) is 0 Å². The van der Waals surface area contributed by atoms with Crippen molar-refractivity contribution in [1.82, 2.24) is 24.7 Å². The van der Waals surface area contributed by atoms with E-state index in [1.807, 2.05) is 24.3 Å². The van der Waals surface area contributed by atoms with Crippen molar-refractivity contribution < 1.29 is 4.74 Å². The quantitative estimate of drug-likeness (QED) is 0.767. The van der Waals surface area contributed by atoms with Crippen molar-refractivity contribution >= 4 is 5.69 Å². The molecule has 0 saturated heterocycles. The fraction of sp³-hybridized carbons (Fsp3) is 0.143. The Bertz CT molecular complexity index is 696. The van der Waals surface area contributed by atoms with Crippen LogP contribution in [0.25, 0.3) is 5.82 Å². The number of hydrogen-bond donors (Lipinski definition) is 1. The predicted octanol–water partition coefficient (Wildman–Crippen LogP) is 1.68. The van der Waals surface area contributed by atoms with Gasteiger partial charge in [0.05, 0.1) is 12.8 Å². The van der Waals surface area contributed by atoms with E-state index in [-0.39, 0.29) is 0 Å². The molecule has 0 aliphatic carbocycles. The van der Waals surface area contributed by atoms with Crippen LogP contribution in [0.1, 0.15) is 5.56 Å². The molecule has 3 heterocycles. The first-order chi connectivity index (χ1) is 10.4. The summed E-state index contributed by atoms with van der Waals surface area (Å²) in [6.45, 7) is 0.629. The van der Waals surface area contributed by atoms with Gasteiger partial charge < -0.3 is 10.1 Å². The van der Waals surface area contributed by atoms with E-state index >= 15 is 0 Å². The molecular weight excluding hydrogens is 268 g/mol. The maximum Gasteiger partial charge on any atom is 0.212 e. The molecule has 3 aromatic heterocycles. The van der Waals surface area contributed by atoms with Gasteiger partial charge in [0.25, 0.3) is 0 Å². The summed E-state index contributed by atoms with van der Waals surface area (Å²) in [6, 6.07) is 7.61. The zero-order valence-electron chi connectivity index (χ0n) is 11.5. The molecule has 0 spiro atoms. The van der Waals surface area contributed by atoms with Crippen LogP contribution in [0.3, 0.4) is 0 Å². The highest BCUT2D eigenvalue weighted by molar-refractivity contribution is 5.56. The van der Waals surface area contributed by atoms with Gasteiger partial charge in [-0.2, -0.15) is 5.10 Å². The molecule has 0 unspecified atom stereocenters. The van der Waals surface area contributed by atoms with Crippen LogP contribution in [0.4, 0.5) is 5.69 Å². The molecule has 21 heavy (non-hydrogen) atoms. The largest absolute Gasteiger partial charge is 0.481 e. The van der Waals surface area contributed by atoms with Crippen LogP contribution in [0.2, 0.25) is 0 Å². The van der Waals surface area contributed by atoms with E-state index in [0.29, 0.717) is 18.2 Å². The average Bonchev–Trinajstić information content (AvgIpc) is 3.08. The molecule has 0 amide bonds. The maximum absolute atomic E-state index is 5.04. The molecule has 7 nitrogen and oxygen atoms in total. The van der Waals surface area contributed by atoms with Gasteiger partial charge in [-0.15, -0.1) is 0 Å². The van der Waals surface area contributed by atoms with E-state index in [2.05, 4.69) is 25.4 Å². The second-order valence-corrected chi connectivity index (χ2v) is 4.28. The Morgan fingerprint density at radius 2 is 2.19 bits per heavy atom. The van der Waals surface area contributed by atoms with Crippen LogP contribution in [-0.2, 0) is 6.54 Å². The van der Waals surface area contributed by atoms with Crippen molar-refractivity contribution in [1.29, 1.82) is 0 Å². The molecule has 0 aromatic carbocycles. The molecule has 0 saturated carbocycles. The fourth-order valence-electron chi connectivity index (χ4n) is 1.87. The Hall–Kier alpha value is -2.96. The normalized spacial score (nSPS) is 10.3. The lowest BCUT2D eigenvalue weighted by atomic mass is 10.2. The van der Waals surface area contributed by atoms with Gasteiger partial charge in [0.1, 0.15) is 12.7 Å². The van der Waals surface area contributed by atoms with Gasteiger partial charge in [-0.25, -0.2) is 19.6 Å². The van der Waals surface area contributed by atoms with Gasteiger partial charge in [0.2, 0.25) is 5.88 Å². The van der Waals surface area contributed by atoms with E-state index in [4.69, 9.17) is 4.74 Å². The summed E-state index contributed by atoms with van der Waals surface area (Å²) >= 11 is 0. The van der Waals surface area contributed by atoms with Crippen LogP contribution < -0.4 is 10.1 Å². The topological polar surface area (TPSA) is 77.8 Å². The van der Waals surface area contributed by atoms with Crippen LogP contribution in [-0.4, -0.2) is 31.8 Å². The minimum atomic E-state index is 0.600. The molecule has 0 aliphatic heterocycles. The number of anilines is 1. The Balaban J connectivity index is 1.76. The SMILES string of the molecule is COc1ccc(CNc2cccnc2-n2cncn2)cn1. The van der Waals surface area contributed by atoms with Crippen molar-refractivity contribution in [2.24, 2.45) is 0 Å². The van der Waals surface area contributed by atoms with Crippen LogP contribution >= 0.6 is 0 Å². The Labute approximate surface area is 121 Å². The molecule has 0 aliphatic rings. The molecule has 3 rings (SSSR count). The summed E-state index contributed by atoms with van der Waals surface area (Å²) in [5, 5.41) is 7.42. The molecular formula is C14H14N6O. The number of aromatic nitrogens is 5. The number of rotatable bonds is 5. The number of methoxy groups -OCH3 is 1. The van der Waals surface area contributed by atoms with E-state index in [9.17, 15) is 0 Å². The number of ether oxygens (including phenoxy) is 1. The average molecular weight is 282 g/mol. The maximum atomic E-state index is 5.04. The lowest BCUT2D eigenvalue weighted by molar-refractivity contribution is 0.397. The van der Waals surface area contributed by atoms with Crippen molar-refractivity contribution in [2.45, 2.75) is 6.54 Å². The molecule has 0 bridgehead atoms. The highest BCUT2D eigenvalue weighted by Gasteiger charge is 2.06. The summed E-state index contributed by atoms with van der Waals surface area (Å²) in [4.78, 5) is 12.4.